The van der Waals surface area contributed by atoms with Crippen molar-refractivity contribution < 1.29 is 15.0 Å². The highest BCUT2D eigenvalue weighted by atomic mass is 16.3. The van der Waals surface area contributed by atoms with Crippen LogP contribution in [0.15, 0.2) is 18.2 Å². The first-order valence-electron chi connectivity index (χ1n) is 4.60. The summed E-state index contributed by atoms with van der Waals surface area (Å²) in [5.41, 5.74) is 0.167. The summed E-state index contributed by atoms with van der Waals surface area (Å²) in [7, 11) is 0. The van der Waals surface area contributed by atoms with Crippen molar-refractivity contribution in [1.29, 1.82) is 0 Å². The van der Waals surface area contributed by atoms with Crippen molar-refractivity contribution in [2.45, 2.75) is 25.2 Å². The molecule has 0 saturated heterocycles. The highest BCUT2D eigenvalue weighted by Crippen LogP contribution is 2.52. The van der Waals surface area contributed by atoms with Gasteiger partial charge in [0.2, 0.25) is 0 Å². The molecule has 74 valence electrons. The molecule has 0 unspecified atom stereocenters. The lowest BCUT2D eigenvalue weighted by Crippen LogP contribution is -2.16. The number of ketones is 1. The van der Waals surface area contributed by atoms with E-state index in [0.29, 0.717) is 5.56 Å². The highest BCUT2D eigenvalue weighted by molar-refractivity contribution is 5.91. The van der Waals surface area contributed by atoms with E-state index in [9.17, 15) is 9.90 Å². The van der Waals surface area contributed by atoms with E-state index in [-0.39, 0.29) is 17.3 Å². The monoisotopic (exact) mass is 192 g/mol. The zero-order valence-corrected chi connectivity index (χ0v) is 7.95. The zero-order valence-electron chi connectivity index (χ0n) is 7.95. The molecule has 1 fully saturated rings. The lowest BCUT2D eigenvalue weighted by atomic mass is 9.91. The van der Waals surface area contributed by atoms with E-state index in [0.717, 1.165) is 12.8 Å². The molecule has 0 atom stereocenters. The summed E-state index contributed by atoms with van der Waals surface area (Å²) < 4.78 is 0. The fraction of sp³-hybridized carbons (Fsp3) is 0.364. The molecule has 0 spiro atoms. The first-order chi connectivity index (χ1) is 6.56. The standard InChI is InChI=1S/C11H12O3/c1-7(12)11(4-5-11)9-3-2-8(13)6-10(9)14/h2-3,6,13-14H,4-5H2,1H3. The van der Waals surface area contributed by atoms with Gasteiger partial charge in [0.05, 0.1) is 5.41 Å². The van der Waals surface area contributed by atoms with E-state index in [1.165, 1.54) is 12.1 Å². The maximum absolute atomic E-state index is 11.4. The van der Waals surface area contributed by atoms with Crippen LogP contribution in [0.3, 0.4) is 0 Å². The Morgan fingerprint density at radius 1 is 1.36 bits per heavy atom. The van der Waals surface area contributed by atoms with Gasteiger partial charge < -0.3 is 10.2 Å². The molecule has 0 heterocycles. The van der Waals surface area contributed by atoms with Crippen molar-refractivity contribution in [1.82, 2.24) is 0 Å². The average molecular weight is 192 g/mol. The maximum Gasteiger partial charge on any atom is 0.140 e. The van der Waals surface area contributed by atoms with Gasteiger partial charge in [-0.2, -0.15) is 0 Å². The molecular weight excluding hydrogens is 180 g/mol. The fourth-order valence-electron chi connectivity index (χ4n) is 1.86. The predicted molar refractivity (Wildman–Crippen MR) is 51.4 cm³/mol. The van der Waals surface area contributed by atoms with Crippen molar-refractivity contribution in [3.63, 3.8) is 0 Å². The van der Waals surface area contributed by atoms with Gasteiger partial charge in [0.1, 0.15) is 17.3 Å². The van der Waals surface area contributed by atoms with Crippen molar-refractivity contribution in [2.24, 2.45) is 0 Å². The molecule has 1 aliphatic rings. The van der Waals surface area contributed by atoms with E-state index in [1.54, 1.807) is 13.0 Å². The lowest BCUT2D eigenvalue weighted by Gasteiger charge is -2.13. The highest BCUT2D eigenvalue weighted by Gasteiger charge is 2.50. The third-order valence-electron chi connectivity index (χ3n) is 2.92. The van der Waals surface area contributed by atoms with Crippen LogP contribution in [0, 0.1) is 0 Å². The number of carbonyl (C=O) groups excluding carboxylic acids is 1. The number of phenolic OH excluding ortho intramolecular Hbond substituents is 2. The van der Waals surface area contributed by atoms with Gasteiger partial charge in [-0.25, -0.2) is 0 Å². The Hall–Kier alpha value is -1.51. The third-order valence-corrected chi connectivity index (χ3v) is 2.92. The Kier molecular flexibility index (Phi) is 1.77. The minimum absolute atomic E-state index is 0.0118. The summed E-state index contributed by atoms with van der Waals surface area (Å²) in [6, 6.07) is 4.40. The van der Waals surface area contributed by atoms with Gasteiger partial charge in [-0.3, -0.25) is 4.79 Å². The molecule has 2 rings (SSSR count). The van der Waals surface area contributed by atoms with Crippen LogP contribution in [0.5, 0.6) is 11.5 Å². The molecule has 3 heteroatoms. The number of hydrogen-bond donors (Lipinski definition) is 2. The number of benzene rings is 1. The molecule has 0 aromatic heterocycles. The summed E-state index contributed by atoms with van der Waals surface area (Å²) in [5, 5.41) is 18.7. The number of Topliss-reactive ketones (excluding diaryl/α,β-unsaturated/α-hetero) is 1. The lowest BCUT2D eigenvalue weighted by molar-refractivity contribution is -0.119. The van der Waals surface area contributed by atoms with Gasteiger partial charge in [0.15, 0.2) is 0 Å². The van der Waals surface area contributed by atoms with Crippen LogP contribution < -0.4 is 0 Å². The van der Waals surface area contributed by atoms with Crippen LogP contribution in [-0.2, 0) is 10.2 Å². The molecule has 0 bridgehead atoms. The van der Waals surface area contributed by atoms with Gasteiger partial charge in [-0.15, -0.1) is 0 Å². The molecule has 2 N–H and O–H groups in total. The predicted octanol–water partition coefficient (Wildman–Crippen LogP) is 1.72. The van der Waals surface area contributed by atoms with Crippen LogP contribution >= 0.6 is 0 Å². The molecular formula is C11H12O3. The summed E-state index contributed by atoms with van der Waals surface area (Å²) in [6.07, 6.45) is 1.58. The number of carbonyl (C=O) groups is 1. The average Bonchev–Trinajstić information content (AvgIpc) is 2.84. The molecule has 1 aromatic carbocycles. The Morgan fingerprint density at radius 3 is 2.43 bits per heavy atom. The van der Waals surface area contributed by atoms with Gasteiger partial charge in [0, 0.05) is 11.6 Å². The first kappa shape index (κ1) is 9.06. The van der Waals surface area contributed by atoms with Crippen molar-refractivity contribution in [3.05, 3.63) is 23.8 Å². The second-order valence-electron chi connectivity index (χ2n) is 3.84. The SMILES string of the molecule is CC(=O)C1(c2ccc(O)cc2O)CC1. The number of hydrogen-bond acceptors (Lipinski definition) is 3. The maximum atomic E-state index is 11.4. The van der Waals surface area contributed by atoms with Gasteiger partial charge in [-0.1, -0.05) is 6.07 Å². The smallest absolute Gasteiger partial charge is 0.140 e. The van der Waals surface area contributed by atoms with Crippen LogP contribution in [0.4, 0.5) is 0 Å². The quantitative estimate of drug-likeness (QED) is 0.750. The second kappa shape index (κ2) is 2.74. The largest absolute Gasteiger partial charge is 0.508 e. The number of rotatable bonds is 2. The molecule has 0 amide bonds. The van der Waals surface area contributed by atoms with Crippen molar-refractivity contribution >= 4 is 5.78 Å². The van der Waals surface area contributed by atoms with Gasteiger partial charge in [0.25, 0.3) is 0 Å². The molecule has 14 heavy (non-hydrogen) atoms. The van der Waals surface area contributed by atoms with E-state index >= 15 is 0 Å². The molecule has 1 saturated carbocycles. The Balaban J connectivity index is 2.47. The topological polar surface area (TPSA) is 57.5 Å². The van der Waals surface area contributed by atoms with Gasteiger partial charge >= 0.3 is 0 Å². The number of phenols is 2. The van der Waals surface area contributed by atoms with Gasteiger partial charge in [-0.05, 0) is 25.8 Å². The summed E-state index contributed by atoms with van der Waals surface area (Å²) in [4.78, 5) is 11.4. The van der Waals surface area contributed by atoms with Crippen LogP contribution in [0.25, 0.3) is 0 Å². The van der Waals surface area contributed by atoms with E-state index in [4.69, 9.17) is 5.11 Å². The summed E-state index contributed by atoms with van der Waals surface area (Å²) in [6.45, 7) is 1.54. The molecule has 3 nitrogen and oxygen atoms in total. The second-order valence-corrected chi connectivity index (χ2v) is 3.84. The first-order valence-corrected chi connectivity index (χ1v) is 4.60. The van der Waals surface area contributed by atoms with E-state index in [2.05, 4.69) is 0 Å². The Morgan fingerprint density at radius 2 is 2.00 bits per heavy atom. The minimum atomic E-state index is -0.474. The van der Waals surface area contributed by atoms with E-state index in [1.807, 2.05) is 0 Å². The van der Waals surface area contributed by atoms with Crippen molar-refractivity contribution in [3.8, 4) is 11.5 Å². The van der Waals surface area contributed by atoms with E-state index < -0.39 is 5.41 Å². The Bertz CT molecular complexity index is 392. The molecule has 1 aromatic rings. The molecule has 0 aliphatic heterocycles. The summed E-state index contributed by atoms with van der Waals surface area (Å²) in [5.74, 6) is 0.113. The third kappa shape index (κ3) is 1.16. The fourth-order valence-corrected chi connectivity index (χ4v) is 1.86. The number of aromatic hydroxyl groups is 2. The van der Waals surface area contributed by atoms with Crippen molar-refractivity contribution in [2.75, 3.05) is 0 Å². The minimum Gasteiger partial charge on any atom is -0.508 e. The van der Waals surface area contributed by atoms with Crippen LogP contribution in [0.2, 0.25) is 0 Å². The van der Waals surface area contributed by atoms with Crippen LogP contribution in [0.1, 0.15) is 25.3 Å². The van der Waals surface area contributed by atoms with Crippen LogP contribution in [-0.4, -0.2) is 16.0 Å². The summed E-state index contributed by atoms with van der Waals surface area (Å²) >= 11 is 0. The molecule has 1 aliphatic carbocycles. The zero-order chi connectivity index (χ0) is 10.3. The molecule has 0 radical (unpaired) electrons. The Labute approximate surface area is 82.0 Å². The normalized spacial score (nSPS) is 17.8.